The van der Waals surface area contributed by atoms with Crippen molar-refractivity contribution in [3.05, 3.63) is 5.89 Å². The molecule has 0 bridgehead atoms. The van der Waals surface area contributed by atoms with E-state index in [2.05, 4.69) is 29.4 Å². The molecule has 92 valence electrons. The van der Waals surface area contributed by atoms with Crippen LogP contribution in [0.1, 0.15) is 45.5 Å². The smallest absolute Gasteiger partial charge is 0.317 e. The highest BCUT2D eigenvalue weighted by molar-refractivity contribution is 5.21. The average Bonchev–Trinajstić information content (AvgIpc) is 2.75. The summed E-state index contributed by atoms with van der Waals surface area (Å²) in [5.74, 6) is 0.653. The molecule has 0 aliphatic heterocycles. The summed E-state index contributed by atoms with van der Waals surface area (Å²) >= 11 is 0. The van der Waals surface area contributed by atoms with Crippen LogP contribution < -0.4 is 10.2 Å². The number of rotatable bonds is 7. The number of unbranched alkanes of at least 4 members (excludes halogenated alkanes) is 1. The Labute approximate surface area is 97.2 Å². The molecule has 0 amide bonds. The fraction of sp³-hybridized carbons (Fsp3) is 0.818. The van der Waals surface area contributed by atoms with E-state index >= 15 is 0 Å². The van der Waals surface area contributed by atoms with Crippen LogP contribution in [0.25, 0.3) is 0 Å². The Morgan fingerprint density at radius 3 is 2.75 bits per heavy atom. The third-order valence-electron chi connectivity index (χ3n) is 2.48. The summed E-state index contributed by atoms with van der Waals surface area (Å²) in [4.78, 5) is 2.00. The first-order valence-electron chi connectivity index (χ1n) is 5.96. The maximum atomic E-state index is 5.60. The van der Waals surface area contributed by atoms with E-state index in [0.29, 0.717) is 11.9 Å². The molecule has 1 aromatic rings. The van der Waals surface area contributed by atoms with Crippen molar-refractivity contribution in [2.45, 2.75) is 39.7 Å². The molecule has 0 aliphatic carbocycles. The number of hydrogen-bond acceptors (Lipinski definition) is 5. The van der Waals surface area contributed by atoms with Crippen LogP contribution in [-0.4, -0.2) is 30.3 Å². The molecule has 1 rings (SSSR count). The highest BCUT2D eigenvalue weighted by atomic mass is 16.4. The van der Waals surface area contributed by atoms with E-state index in [-0.39, 0.29) is 6.04 Å². The van der Waals surface area contributed by atoms with Gasteiger partial charge >= 0.3 is 6.01 Å². The van der Waals surface area contributed by atoms with Gasteiger partial charge in [-0.25, -0.2) is 0 Å². The number of anilines is 1. The average molecular weight is 226 g/mol. The van der Waals surface area contributed by atoms with E-state index in [1.807, 2.05) is 18.9 Å². The Hall–Kier alpha value is -1.10. The molecule has 0 spiro atoms. The van der Waals surface area contributed by atoms with Crippen molar-refractivity contribution in [1.29, 1.82) is 0 Å². The number of hydrogen-bond donors (Lipinski definition) is 1. The third kappa shape index (κ3) is 3.48. The van der Waals surface area contributed by atoms with E-state index in [9.17, 15) is 0 Å². The minimum atomic E-state index is 0.117. The van der Waals surface area contributed by atoms with Crippen molar-refractivity contribution in [2.75, 3.05) is 25.0 Å². The van der Waals surface area contributed by atoms with Crippen molar-refractivity contribution >= 4 is 6.01 Å². The van der Waals surface area contributed by atoms with Crippen LogP contribution in [0.3, 0.4) is 0 Å². The Morgan fingerprint density at radius 2 is 2.12 bits per heavy atom. The molecule has 5 nitrogen and oxygen atoms in total. The summed E-state index contributed by atoms with van der Waals surface area (Å²) in [5, 5.41) is 11.3. The zero-order valence-corrected chi connectivity index (χ0v) is 10.7. The van der Waals surface area contributed by atoms with E-state index in [0.717, 1.165) is 19.5 Å². The van der Waals surface area contributed by atoms with Gasteiger partial charge in [-0.15, -0.1) is 5.10 Å². The molecule has 0 saturated carbocycles. The molecule has 0 radical (unpaired) electrons. The predicted octanol–water partition coefficient (Wildman–Crippen LogP) is 1.98. The standard InChI is InChI=1S/C11H22N4O/c1-5-7-8-15(4)11-14-13-10(16-11)9(3)12-6-2/h9,12H,5-8H2,1-4H3. The summed E-state index contributed by atoms with van der Waals surface area (Å²) in [6.07, 6.45) is 2.30. The second-order valence-corrected chi connectivity index (χ2v) is 3.98. The molecule has 5 heteroatoms. The minimum Gasteiger partial charge on any atom is -0.406 e. The van der Waals surface area contributed by atoms with E-state index in [1.54, 1.807) is 0 Å². The second kappa shape index (κ2) is 6.48. The molecular formula is C11H22N4O. The summed E-state index contributed by atoms with van der Waals surface area (Å²) in [7, 11) is 1.98. The SMILES string of the molecule is CCCCN(C)c1nnc(C(C)NCC)o1. The Kier molecular flexibility index (Phi) is 5.25. The fourth-order valence-electron chi connectivity index (χ4n) is 1.44. The highest BCUT2D eigenvalue weighted by Gasteiger charge is 2.14. The summed E-state index contributed by atoms with van der Waals surface area (Å²) in [6, 6.07) is 0.721. The molecular weight excluding hydrogens is 204 g/mol. The first-order valence-corrected chi connectivity index (χ1v) is 5.96. The van der Waals surface area contributed by atoms with Gasteiger partial charge in [0.2, 0.25) is 5.89 Å². The first-order chi connectivity index (χ1) is 7.69. The van der Waals surface area contributed by atoms with Crippen molar-refractivity contribution in [1.82, 2.24) is 15.5 Å². The van der Waals surface area contributed by atoms with Gasteiger partial charge in [-0.3, -0.25) is 0 Å². The van der Waals surface area contributed by atoms with Crippen LogP contribution >= 0.6 is 0 Å². The Bertz CT molecular complexity index is 300. The van der Waals surface area contributed by atoms with Crippen LogP contribution in [-0.2, 0) is 0 Å². The molecule has 1 unspecified atom stereocenters. The monoisotopic (exact) mass is 226 g/mol. The topological polar surface area (TPSA) is 54.2 Å². The Balaban J connectivity index is 2.56. The van der Waals surface area contributed by atoms with Gasteiger partial charge in [0.05, 0.1) is 6.04 Å². The largest absolute Gasteiger partial charge is 0.406 e. The quantitative estimate of drug-likeness (QED) is 0.770. The molecule has 0 aromatic carbocycles. The second-order valence-electron chi connectivity index (χ2n) is 3.98. The van der Waals surface area contributed by atoms with Gasteiger partial charge in [-0.05, 0) is 19.9 Å². The maximum absolute atomic E-state index is 5.60. The number of aromatic nitrogens is 2. The van der Waals surface area contributed by atoms with Gasteiger partial charge in [0, 0.05) is 13.6 Å². The van der Waals surface area contributed by atoms with Gasteiger partial charge < -0.3 is 14.6 Å². The first kappa shape index (κ1) is 13.0. The van der Waals surface area contributed by atoms with Crippen molar-refractivity contribution < 1.29 is 4.42 Å². The highest BCUT2D eigenvalue weighted by Crippen LogP contribution is 2.16. The lowest BCUT2D eigenvalue weighted by molar-refractivity contribution is 0.421. The lowest BCUT2D eigenvalue weighted by Gasteiger charge is -2.12. The van der Waals surface area contributed by atoms with E-state index in [4.69, 9.17) is 4.42 Å². The number of nitrogens with zero attached hydrogens (tertiary/aromatic N) is 3. The van der Waals surface area contributed by atoms with Crippen LogP contribution in [0.15, 0.2) is 4.42 Å². The molecule has 1 atom stereocenters. The zero-order chi connectivity index (χ0) is 12.0. The predicted molar refractivity (Wildman–Crippen MR) is 64.6 cm³/mol. The van der Waals surface area contributed by atoms with Crippen LogP contribution in [0.5, 0.6) is 0 Å². The molecule has 0 aliphatic rings. The molecule has 1 aromatic heterocycles. The van der Waals surface area contributed by atoms with E-state index in [1.165, 1.54) is 6.42 Å². The van der Waals surface area contributed by atoms with Crippen molar-refractivity contribution in [3.8, 4) is 0 Å². The number of nitrogens with one attached hydrogen (secondary N) is 1. The molecule has 1 heterocycles. The minimum absolute atomic E-state index is 0.117. The summed E-state index contributed by atoms with van der Waals surface area (Å²) < 4.78 is 5.60. The molecule has 0 saturated heterocycles. The van der Waals surface area contributed by atoms with Crippen LogP contribution in [0, 0.1) is 0 Å². The third-order valence-corrected chi connectivity index (χ3v) is 2.48. The summed E-state index contributed by atoms with van der Waals surface area (Å²) in [6.45, 7) is 8.09. The lowest BCUT2D eigenvalue weighted by atomic mass is 10.3. The molecule has 16 heavy (non-hydrogen) atoms. The normalized spacial score (nSPS) is 12.8. The van der Waals surface area contributed by atoms with Gasteiger partial charge in [0.15, 0.2) is 0 Å². The van der Waals surface area contributed by atoms with Crippen molar-refractivity contribution in [3.63, 3.8) is 0 Å². The summed E-state index contributed by atoms with van der Waals surface area (Å²) in [5.41, 5.74) is 0. The molecule has 0 fully saturated rings. The van der Waals surface area contributed by atoms with E-state index < -0.39 is 0 Å². The van der Waals surface area contributed by atoms with Gasteiger partial charge in [0.1, 0.15) is 0 Å². The maximum Gasteiger partial charge on any atom is 0.317 e. The lowest BCUT2D eigenvalue weighted by Crippen LogP contribution is -2.19. The van der Waals surface area contributed by atoms with Crippen LogP contribution in [0.2, 0.25) is 0 Å². The fourth-order valence-corrected chi connectivity index (χ4v) is 1.44. The van der Waals surface area contributed by atoms with Crippen molar-refractivity contribution in [2.24, 2.45) is 0 Å². The van der Waals surface area contributed by atoms with Gasteiger partial charge in [-0.1, -0.05) is 25.4 Å². The van der Waals surface area contributed by atoms with Crippen LogP contribution in [0.4, 0.5) is 6.01 Å². The van der Waals surface area contributed by atoms with Gasteiger partial charge in [-0.2, -0.15) is 0 Å². The molecule has 1 N–H and O–H groups in total. The zero-order valence-electron chi connectivity index (χ0n) is 10.7. The van der Waals surface area contributed by atoms with Gasteiger partial charge in [0.25, 0.3) is 0 Å². The Morgan fingerprint density at radius 1 is 1.38 bits per heavy atom.